The minimum Gasteiger partial charge on any atom is -0.448 e. The number of piperazine rings is 1. The summed E-state index contributed by atoms with van der Waals surface area (Å²) in [5.41, 5.74) is 1.20. The molecule has 3 atom stereocenters. The van der Waals surface area contributed by atoms with E-state index in [1.165, 1.54) is 18.4 Å². The third-order valence-electron chi connectivity index (χ3n) is 8.10. The van der Waals surface area contributed by atoms with Gasteiger partial charge in [-0.15, -0.1) is 0 Å². The summed E-state index contributed by atoms with van der Waals surface area (Å²) in [5.74, 6) is 1.01. The van der Waals surface area contributed by atoms with E-state index in [-0.39, 0.29) is 29.6 Å². The maximum atomic E-state index is 13.8. The van der Waals surface area contributed by atoms with Crippen LogP contribution in [0.15, 0.2) is 59.5 Å². The lowest BCUT2D eigenvalue weighted by Crippen LogP contribution is -2.55. The smallest absolute Gasteiger partial charge is 0.410 e. The van der Waals surface area contributed by atoms with Crippen LogP contribution < -0.4 is 0 Å². The number of ether oxygens (including phenoxy) is 1. The second-order valence-electron chi connectivity index (χ2n) is 11.1. The Balaban J connectivity index is 1.25. The molecule has 2 aromatic carbocycles. The molecule has 5 rings (SSSR count). The minimum absolute atomic E-state index is 0.0543. The summed E-state index contributed by atoms with van der Waals surface area (Å²) in [6.07, 6.45) is 4.61. The molecule has 0 unspecified atom stereocenters. The second kappa shape index (κ2) is 11.9. The van der Waals surface area contributed by atoms with Crippen LogP contribution in [-0.4, -0.2) is 80.0 Å². The van der Waals surface area contributed by atoms with Gasteiger partial charge in [-0.3, -0.25) is 4.90 Å². The van der Waals surface area contributed by atoms with Crippen molar-refractivity contribution >= 4 is 27.7 Å². The molecule has 0 bridgehead atoms. The monoisotopic (exact) mass is 559 g/mol. The summed E-state index contributed by atoms with van der Waals surface area (Å²) < 4.78 is 34.9. The van der Waals surface area contributed by atoms with Crippen LogP contribution in [0, 0.1) is 11.8 Å². The first-order chi connectivity index (χ1) is 18.3. The number of sulfonamides is 1. The van der Waals surface area contributed by atoms with E-state index in [0.717, 1.165) is 38.4 Å². The Hall–Kier alpha value is -2.13. The average molecular weight is 560 g/mol. The van der Waals surface area contributed by atoms with Crippen molar-refractivity contribution in [3.8, 4) is 0 Å². The van der Waals surface area contributed by atoms with Crippen molar-refractivity contribution in [2.45, 2.75) is 56.0 Å². The molecular formula is C29H38ClN3O4S. The van der Waals surface area contributed by atoms with E-state index in [4.69, 9.17) is 16.3 Å². The Morgan fingerprint density at radius 3 is 2.34 bits per heavy atom. The van der Waals surface area contributed by atoms with Crippen molar-refractivity contribution in [2.75, 3.05) is 39.3 Å². The van der Waals surface area contributed by atoms with E-state index in [0.29, 0.717) is 24.5 Å². The number of amides is 1. The number of carbonyl (C=O) groups is 1. The molecule has 3 fully saturated rings. The lowest BCUT2D eigenvalue weighted by atomic mass is 9.89. The second-order valence-corrected chi connectivity index (χ2v) is 13.5. The first-order valence-electron chi connectivity index (χ1n) is 13.8. The number of benzene rings is 2. The Bertz CT molecular complexity index is 1190. The molecule has 7 nitrogen and oxygen atoms in total. The van der Waals surface area contributed by atoms with Crippen molar-refractivity contribution < 1.29 is 17.9 Å². The number of piperidine rings is 1. The lowest BCUT2D eigenvalue weighted by Gasteiger charge is -2.41. The van der Waals surface area contributed by atoms with Crippen LogP contribution in [0.3, 0.4) is 0 Å². The number of hydrogen-bond acceptors (Lipinski definition) is 5. The highest BCUT2D eigenvalue weighted by Gasteiger charge is 2.39. The summed E-state index contributed by atoms with van der Waals surface area (Å²) in [5, 5.41) is 0.487. The quantitative estimate of drug-likeness (QED) is 0.460. The van der Waals surface area contributed by atoms with Gasteiger partial charge in [-0.25, -0.2) is 13.2 Å². The summed E-state index contributed by atoms with van der Waals surface area (Å²) in [4.78, 5) is 17.5. The number of rotatable bonds is 8. The Morgan fingerprint density at radius 1 is 0.947 bits per heavy atom. The molecule has 0 spiro atoms. The van der Waals surface area contributed by atoms with Gasteiger partial charge in [-0.1, -0.05) is 41.9 Å². The van der Waals surface area contributed by atoms with E-state index in [2.05, 4.69) is 24.0 Å². The van der Waals surface area contributed by atoms with Crippen LogP contribution in [0.25, 0.3) is 0 Å². The highest BCUT2D eigenvalue weighted by Crippen LogP contribution is 2.32. The van der Waals surface area contributed by atoms with Crippen LogP contribution in [-0.2, 0) is 21.2 Å². The van der Waals surface area contributed by atoms with Gasteiger partial charge in [0.2, 0.25) is 10.0 Å². The predicted octanol–water partition coefficient (Wildman–Crippen LogP) is 4.90. The first-order valence-corrected chi connectivity index (χ1v) is 15.6. The highest BCUT2D eigenvalue weighted by molar-refractivity contribution is 7.89. The molecule has 38 heavy (non-hydrogen) atoms. The molecule has 1 aliphatic carbocycles. The Morgan fingerprint density at radius 2 is 1.66 bits per heavy atom. The Labute approximate surface area is 231 Å². The fourth-order valence-electron chi connectivity index (χ4n) is 5.77. The molecule has 2 saturated heterocycles. The Kier molecular flexibility index (Phi) is 8.62. The normalized spacial score (nSPS) is 25.3. The van der Waals surface area contributed by atoms with Crippen LogP contribution in [0.1, 0.15) is 38.2 Å². The van der Waals surface area contributed by atoms with Crippen molar-refractivity contribution in [2.24, 2.45) is 11.8 Å². The molecule has 0 N–H and O–H groups in total. The molecule has 0 aromatic heterocycles. The van der Waals surface area contributed by atoms with Crippen LogP contribution >= 0.6 is 11.6 Å². The molecule has 9 heteroatoms. The zero-order chi connectivity index (χ0) is 26.7. The van der Waals surface area contributed by atoms with Crippen molar-refractivity contribution in [3.63, 3.8) is 0 Å². The fraction of sp³-hybridized carbons (Fsp3) is 0.552. The average Bonchev–Trinajstić information content (AvgIpc) is 3.72. The summed E-state index contributed by atoms with van der Waals surface area (Å²) in [6.45, 7) is 5.98. The van der Waals surface area contributed by atoms with Gasteiger partial charge in [0.1, 0.15) is 6.61 Å². The molecular weight excluding hydrogens is 522 g/mol. The number of halogens is 1. The zero-order valence-corrected chi connectivity index (χ0v) is 23.6. The van der Waals surface area contributed by atoms with Gasteiger partial charge < -0.3 is 9.64 Å². The number of carbonyl (C=O) groups excluding carboxylic acids is 1. The lowest BCUT2D eigenvalue weighted by molar-refractivity contribution is 0.0342. The summed E-state index contributed by atoms with van der Waals surface area (Å²) >= 11 is 6.02. The number of nitrogens with zero attached hydrogens (tertiary/aromatic N) is 3. The highest BCUT2D eigenvalue weighted by atomic mass is 35.5. The molecule has 2 heterocycles. The third-order valence-corrected chi connectivity index (χ3v) is 10.3. The molecule has 2 aliphatic heterocycles. The fourth-order valence-corrected chi connectivity index (χ4v) is 7.61. The molecule has 1 saturated carbocycles. The standard InChI is InChI=1S/C29H38ClN3O4S/c1-22-18-31(19-24-7-8-24)15-16-32(22)29(34)37-21-27-12-9-25(17-23-5-3-2-4-6-23)20-33(27)38(35,36)28-13-10-26(30)11-14-28/h2-6,10-11,13-14,22,24-25,27H,7-9,12,15-21H2,1H3/t22-,25-,27+/m0/s1. The SMILES string of the molecule is C[C@H]1CN(CC2CC2)CCN1C(=O)OC[C@H]1CC[C@@H](Cc2ccccc2)CN1S(=O)(=O)c1ccc(Cl)cc1. The van der Waals surface area contributed by atoms with Crippen molar-refractivity contribution in [3.05, 3.63) is 65.2 Å². The predicted molar refractivity (Wildman–Crippen MR) is 149 cm³/mol. The molecule has 0 radical (unpaired) electrons. The van der Waals surface area contributed by atoms with Crippen molar-refractivity contribution in [1.82, 2.24) is 14.1 Å². The third kappa shape index (κ3) is 6.71. The molecule has 206 valence electrons. The molecule has 2 aromatic rings. The first kappa shape index (κ1) is 27.4. The van der Waals surface area contributed by atoms with E-state index in [1.54, 1.807) is 33.5 Å². The molecule has 1 amide bonds. The van der Waals surface area contributed by atoms with E-state index >= 15 is 0 Å². The van der Waals surface area contributed by atoms with Gasteiger partial charge in [-0.05, 0) is 80.7 Å². The van der Waals surface area contributed by atoms with Crippen LogP contribution in [0.5, 0.6) is 0 Å². The maximum absolute atomic E-state index is 13.8. The van der Waals surface area contributed by atoms with Crippen LogP contribution in [0.2, 0.25) is 5.02 Å². The summed E-state index contributed by atoms with van der Waals surface area (Å²) in [7, 11) is -3.79. The van der Waals surface area contributed by atoms with Gasteiger partial charge in [-0.2, -0.15) is 4.31 Å². The minimum atomic E-state index is -3.79. The van der Waals surface area contributed by atoms with Gasteiger partial charge in [0.15, 0.2) is 0 Å². The van der Waals surface area contributed by atoms with Crippen molar-refractivity contribution in [1.29, 1.82) is 0 Å². The van der Waals surface area contributed by atoms with E-state index in [1.807, 2.05) is 18.2 Å². The maximum Gasteiger partial charge on any atom is 0.410 e. The largest absolute Gasteiger partial charge is 0.448 e. The van der Waals surface area contributed by atoms with Gasteiger partial charge in [0.25, 0.3) is 0 Å². The van der Waals surface area contributed by atoms with Gasteiger partial charge >= 0.3 is 6.09 Å². The molecule has 3 aliphatic rings. The number of hydrogen-bond donors (Lipinski definition) is 0. The van der Waals surface area contributed by atoms with E-state index < -0.39 is 16.1 Å². The van der Waals surface area contributed by atoms with E-state index in [9.17, 15) is 13.2 Å². The zero-order valence-electron chi connectivity index (χ0n) is 22.0. The van der Waals surface area contributed by atoms with Gasteiger partial charge in [0.05, 0.1) is 10.9 Å². The topological polar surface area (TPSA) is 70.2 Å². The van der Waals surface area contributed by atoms with Gasteiger partial charge in [0, 0.05) is 43.8 Å². The van der Waals surface area contributed by atoms with Crippen LogP contribution in [0.4, 0.5) is 4.79 Å². The summed E-state index contributed by atoms with van der Waals surface area (Å²) in [6, 6.07) is 16.1.